The van der Waals surface area contributed by atoms with Gasteiger partial charge in [-0.25, -0.2) is 4.39 Å². The Kier molecular flexibility index (Phi) is 8.60. The Bertz CT molecular complexity index is 745. The van der Waals surface area contributed by atoms with Crippen molar-refractivity contribution in [1.82, 2.24) is 20.9 Å². The van der Waals surface area contributed by atoms with E-state index in [1.54, 1.807) is 6.08 Å². The lowest BCUT2D eigenvalue weighted by Crippen LogP contribution is -2.44. The minimum absolute atomic E-state index is 0.111. The normalized spacial score (nSPS) is 23.4. The van der Waals surface area contributed by atoms with Crippen LogP contribution in [0.3, 0.4) is 0 Å². The van der Waals surface area contributed by atoms with E-state index in [1.165, 1.54) is 24.1 Å². The van der Waals surface area contributed by atoms with Crippen molar-refractivity contribution >= 4 is 17.7 Å². The van der Waals surface area contributed by atoms with E-state index < -0.39 is 17.9 Å². The highest BCUT2D eigenvalue weighted by atomic mass is 19.1. The van der Waals surface area contributed by atoms with E-state index in [2.05, 4.69) is 22.5 Å². The van der Waals surface area contributed by atoms with Crippen LogP contribution in [-0.4, -0.2) is 68.6 Å². The van der Waals surface area contributed by atoms with Gasteiger partial charge in [0.25, 0.3) is 5.91 Å². The Morgan fingerprint density at radius 2 is 1.90 bits per heavy atom. The van der Waals surface area contributed by atoms with Crippen molar-refractivity contribution in [3.63, 3.8) is 0 Å². The number of carbonyl (C=O) groups is 3. The summed E-state index contributed by atoms with van der Waals surface area (Å²) in [4.78, 5) is 37.2. The van der Waals surface area contributed by atoms with E-state index in [9.17, 15) is 18.8 Å². The first-order valence-corrected chi connectivity index (χ1v) is 9.44. The molecule has 0 saturated carbocycles. The second kappa shape index (κ2) is 11.2. The van der Waals surface area contributed by atoms with E-state index in [-0.39, 0.29) is 37.1 Å². The summed E-state index contributed by atoms with van der Waals surface area (Å²) in [6.07, 6.45) is 7.03. The van der Waals surface area contributed by atoms with Gasteiger partial charge in [0.1, 0.15) is 5.83 Å². The molecule has 1 heterocycles. The van der Waals surface area contributed by atoms with Gasteiger partial charge in [-0.15, -0.1) is 0 Å². The van der Waals surface area contributed by atoms with Gasteiger partial charge in [0.2, 0.25) is 11.8 Å². The SMILES string of the molecule is C=C1NCCOC2C=C(F)C=CC(=C2)CCCNC(=O)CNC(=O)CN(C)C1=O. The fraction of sp³-hybridized carbons (Fsp3) is 0.450. The molecule has 0 spiro atoms. The summed E-state index contributed by atoms with van der Waals surface area (Å²) in [7, 11) is 1.46. The Labute approximate surface area is 169 Å². The highest BCUT2D eigenvalue weighted by Gasteiger charge is 2.17. The van der Waals surface area contributed by atoms with Crippen LogP contribution in [0.1, 0.15) is 12.8 Å². The Hall–Kier alpha value is -2.94. The zero-order valence-corrected chi connectivity index (χ0v) is 16.5. The van der Waals surface area contributed by atoms with Gasteiger partial charge in [-0.2, -0.15) is 0 Å². The lowest BCUT2D eigenvalue weighted by molar-refractivity contribution is -0.132. The maximum Gasteiger partial charge on any atom is 0.269 e. The summed E-state index contributed by atoms with van der Waals surface area (Å²) < 4.78 is 19.5. The minimum atomic E-state index is -0.535. The van der Waals surface area contributed by atoms with Crippen LogP contribution in [0, 0.1) is 0 Å². The first-order valence-electron chi connectivity index (χ1n) is 9.44. The molecular formula is C20H27FN4O4. The fourth-order valence-corrected chi connectivity index (χ4v) is 2.78. The zero-order chi connectivity index (χ0) is 21.2. The topological polar surface area (TPSA) is 99.8 Å². The molecule has 9 heteroatoms. The first kappa shape index (κ1) is 22.4. The first-order chi connectivity index (χ1) is 13.8. The van der Waals surface area contributed by atoms with Crippen LogP contribution >= 0.6 is 0 Å². The van der Waals surface area contributed by atoms with E-state index in [0.717, 1.165) is 5.57 Å². The predicted molar refractivity (Wildman–Crippen MR) is 106 cm³/mol. The molecule has 1 aliphatic carbocycles. The number of likely N-dealkylation sites (N-methyl/N-ethyl adjacent to an activating group) is 1. The number of allylic oxidation sites excluding steroid dienone is 4. The third kappa shape index (κ3) is 7.90. The summed E-state index contributed by atoms with van der Waals surface area (Å²) in [5.74, 6) is -1.61. The smallest absolute Gasteiger partial charge is 0.269 e. The molecule has 29 heavy (non-hydrogen) atoms. The van der Waals surface area contributed by atoms with Crippen LogP contribution in [0.2, 0.25) is 0 Å². The van der Waals surface area contributed by atoms with Crippen LogP contribution in [-0.2, 0) is 19.1 Å². The van der Waals surface area contributed by atoms with Gasteiger partial charge in [0.05, 0.1) is 31.5 Å². The molecule has 2 aliphatic rings. The second-order valence-electron chi connectivity index (χ2n) is 6.76. The molecule has 8 nitrogen and oxygen atoms in total. The third-order valence-electron chi connectivity index (χ3n) is 4.31. The maximum atomic E-state index is 13.8. The molecule has 1 unspecified atom stereocenters. The van der Waals surface area contributed by atoms with Crippen molar-refractivity contribution in [2.24, 2.45) is 0 Å². The van der Waals surface area contributed by atoms with Crippen molar-refractivity contribution in [3.05, 3.63) is 48.0 Å². The summed E-state index contributed by atoms with van der Waals surface area (Å²) in [6.45, 7) is 4.24. The van der Waals surface area contributed by atoms with Crippen molar-refractivity contribution in [2.75, 3.05) is 39.8 Å². The summed E-state index contributed by atoms with van der Waals surface area (Å²) in [6, 6.07) is 0. The highest BCUT2D eigenvalue weighted by Crippen LogP contribution is 2.17. The van der Waals surface area contributed by atoms with Gasteiger partial charge in [-0.3, -0.25) is 14.4 Å². The molecule has 0 aromatic rings. The summed E-state index contributed by atoms with van der Waals surface area (Å²) in [5, 5.41) is 8.03. The third-order valence-corrected chi connectivity index (χ3v) is 4.31. The molecule has 0 aromatic heterocycles. The number of carbonyl (C=O) groups excluding carboxylic acids is 3. The summed E-state index contributed by atoms with van der Waals surface area (Å²) in [5.41, 5.74) is 1.01. The molecule has 0 aromatic carbocycles. The standard InChI is InChI=1S/C20H27FN4O4/c1-14-20(28)25(2)13-19(27)24-12-18(26)23-7-3-4-15-5-6-16(21)11-17(10-15)29-9-8-22-14/h5-6,10-11,17,22H,1,3-4,7-9,12-13H2,2H3,(H,23,26)(H,24,27). The fourth-order valence-electron chi connectivity index (χ4n) is 2.78. The lowest BCUT2D eigenvalue weighted by atomic mass is 10.1. The Morgan fingerprint density at radius 1 is 1.10 bits per heavy atom. The molecule has 3 N–H and O–H groups in total. The van der Waals surface area contributed by atoms with Crippen molar-refractivity contribution in [1.29, 1.82) is 0 Å². The van der Waals surface area contributed by atoms with Crippen LogP contribution < -0.4 is 16.0 Å². The average Bonchev–Trinajstić information content (AvgIpc) is 2.86. The zero-order valence-electron chi connectivity index (χ0n) is 16.5. The molecule has 2 bridgehead atoms. The highest BCUT2D eigenvalue weighted by molar-refractivity contribution is 5.95. The molecule has 0 fully saturated rings. The molecular weight excluding hydrogens is 379 g/mol. The van der Waals surface area contributed by atoms with Gasteiger partial charge in [0, 0.05) is 20.1 Å². The van der Waals surface area contributed by atoms with Crippen LogP contribution in [0.15, 0.2) is 48.0 Å². The number of fused-ring (bicyclic) bond motifs is 1. The molecule has 2 rings (SSSR count). The van der Waals surface area contributed by atoms with Crippen molar-refractivity contribution in [3.8, 4) is 0 Å². The van der Waals surface area contributed by atoms with Crippen molar-refractivity contribution in [2.45, 2.75) is 18.9 Å². The van der Waals surface area contributed by atoms with Gasteiger partial charge in [-0.1, -0.05) is 12.7 Å². The quantitative estimate of drug-likeness (QED) is 0.503. The Morgan fingerprint density at radius 3 is 2.69 bits per heavy atom. The summed E-state index contributed by atoms with van der Waals surface area (Å²) >= 11 is 0. The number of ether oxygens (including phenoxy) is 1. The van der Waals surface area contributed by atoms with Gasteiger partial charge in [-0.05, 0) is 36.6 Å². The molecule has 1 aliphatic heterocycles. The number of hydrogen-bond donors (Lipinski definition) is 3. The van der Waals surface area contributed by atoms with Crippen molar-refractivity contribution < 1.29 is 23.5 Å². The maximum absolute atomic E-state index is 13.8. The molecule has 0 radical (unpaired) electrons. The second-order valence-corrected chi connectivity index (χ2v) is 6.76. The molecule has 0 saturated heterocycles. The molecule has 158 valence electrons. The van der Waals surface area contributed by atoms with Gasteiger partial charge < -0.3 is 25.6 Å². The minimum Gasteiger partial charge on any atom is -0.379 e. The number of rotatable bonds is 0. The molecule has 3 amide bonds. The lowest BCUT2D eigenvalue weighted by Gasteiger charge is -2.19. The van der Waals surface area contributed by atoms with Crippen LogP contribution in [0.5, 0.6) is 0 Å². The van der Waals surface area contributed by atoms with Crippen LogP contribution in [0.4, 0.5) is 4.39 Å². The number of hydrogen-bond acceptors (Lipinski definition) is 5. The van der Waals surface area contributed by atoms with Crippen LogP contribution in [0.25, 0.3) is 0 Å². The monoisotopic (exact) mass is 406 g/mol. The Balaban J connectivity index is 2.04. The number of nitrogens with zero attached hydrogens (tertiary/aromatic N) is 1. The van der Waals surface area contributed by atoms with E-state index >= 15 is 0 Å². The number of nitrogens with one attached hydrogen (secondary N) is 3. The average molecular weight is 406 g/mol. The van der Waals surface area contributed by atoms with E-state index in [4.69, 9.17) is 4.74 Å². The van der Waals surface area contributed by atoms with Gasteiger partial charge >= 0.3 is 0 Å². The predicted octanol–water partition coefficient (Wildman–Crippen LogP) is 0.309. The van der Waals surface area contributed by atoms with E-state index in [0.29, 0.717) is 25.9 Å². The number of halogens is 1. The van der Waals surface area contributed by atoms with E-state index in [1.807, 2.05) is 6.08 Å². The molecule has 1 atom stereocenters. The number of amides is 3. The largest absolute Gasteiger partial charge is 0.379 e. The van der Waals surface area contributed by atoms with Gasteiger partial charge in [0.15, 0.2) is 0 Å².